The fraction of sp³-hybridized carbons (Fsp3) is 0.296. The van der Waals surface area contributed by atoms with Crippen LogP contribution in [0.2, 0.25) is 10.0 Å². The number of nitrogens with zero attached hydrogens (tertiary/aromatic N) is 4. The Hall–Kier alpha value is -2.89. The zero-order chi connectivity index (χ0) is 23.8. The molecular formula is C27H26Cl2N4O. The lowest BCUT2D eigenvalue weighted by Crippen LogP contribution is -2.25. The lowest BCUT2D eigenvalue weighted by atomic mass is 9.88. The van der Waals surface area contributed by atoms with Gasteiger partial charge in [-0.1, -0.05) is 60.7 Å². The van der Waals surface area contributed by atoms with Crippen molar-refractivity contribution in [2.24, 2.45) is 5.10 Å². The molecule has 0 atom stereocenters. The van der Waals surface area contributed by atoms with Gasteiger partial charge < -0.3 is 4.57 Å². The third-order valence-electron chi connectivity index (χ3n) is 6.70. The van der Waals surface area contributed by atoms with E-state index in [1.807, 2.05) is 56.3 Å². The molecular weight excluding hydrogens is 467 g/mol. The summed E-state index contributed by atoms with van der Waals surface area (Å²) in [5, 5.41) is 6.28. The molecule has 5 nitrogen and oxygen atoms in total. The Balaban J connectivity index is 1.62. The predicted octanol–water partition coefficient (Wildman–Crippen LogP) is 7.04. The summed E-state index contributed by atoms with van der Waals surface area (Å²) in [6.07, 6.45) is 7.35. The van der Waals surface area contributed by atoms with Crippen molar-refractivity contribution in [1.29, 1.82) is 0 Å². The molecule has 1 saturated carbocycles. The van der Waals surface area contributed by atoms with Crippen LogP contribution in [-0.4, -0.2) is 20.4 Å². The molecule has 0 aliphatic heterocycles. The van der Waals surface area contributed by atoms with Gasteiger partial charge in [-0.2, -0.15) is 9.78 Å². The fourth-order valence-electron chi connectivity index (χ4n) is 4.95. The van der Waals surface area contributed by atoms with Gasteiger partial charge in [-0.3, -0.25) is 4.79 Å². The average molecular weight is 493 g/mol. The van der Waals surface area contributed by atoms with Crippen molar-refractivity contribution < 1.29 is 0 Å². The molecule has 0 saturated heterocycles. The van der Waals surface area contributed by atoms with Gasteiger partial charge in [-0.15, -0.1) is 0 Å². The van der Waals surface area contributed by atoms with Crippen LogP contribution in [0.4, 0.5) is 0 Å². The van der Waals surface area contributed by atoms with Crippen LogP contribution >= 0.6 is 23.2 Å². The van der Waals surface area contributed by atoms with Crippen molar-refractivity contribution in [2.45, 2.75) is 51.9 Å². The van der Waals surface area contributed by atoms with E-state index in [1.165, 1.54) is 11.1 Å². The minimum absolute atomic E-state index is 0.130. The Bertz CT molecular complexity index is 1460. The van der Waals surface area contributed by atoms with E-state index in [1.54, 1.807) is 12.3 Å². The van der Waals surface area contributed by atoms with Gasteiger partial charge in [0.1, 0.15) is 5.82 Å². The highest BCUT2D eigenvalue weighted by Gasteiger charge is 2.22. The van der Waals surface area contributed by atoms with Gasteiger partial charge in [0.05, 0.1) is 32.9 Å². The Morgan fingerprint density at radius 3 is 2.59 bits per heavy atom. The number of hydrogen-bond donors (Lipinski definition) is 0. The second kappa shape index (κ2) is 9.40. The second-order valence-electron chi connectivity index (χ2n) is 8.92. The maximum absolute atomic E-state index is 13.4. The topological polar surface area (TPSA) is 52.2 Å². The van der Waals surface area contributed by atoms with E-state index in [0.29, 0.717) is 15.4 Å². The number of rotatable bonds is 4. The number of aromatic nitrogens is 3. The van der Waals surface area contributed by atoms with Crippen LogP contribution in [-0.2, 0) is 0 Å². The highest BCUT2D eigenvalue weighted by molar-refractivity contribution is 6.43. The summed E-state index contributed by atoms with van der Waals surface area (Å²) in [5.74, 6) is 0.993. The maximum Gasteiger partial charge on any atom is 0.282 e. The number of fused-ring (bicyclic) bond motifs is 1. The molecule has 2 aromatic heterocycles. The summed E-state index contributed by atoms with van der Waals surface area (Å²) in [6, 6.07) is 15.1. The first-order chi connectivity index (χ1) is 16.5. The molecule has 0 radical (unpaired) electrons. The Morgan fingerprint density at radius 2 is 1.79 bits per heavy atom. The normalized spacial score (nSPS) is 14.9. The monoisotopic (exact) mass is 492 g/mol. The fourth-order valence-corrected chi connectivity index (χ4v) is 5.33. The number of halogens is 2. The van der Waals surface area contributed by atoms with E-state index in [4.69, 9.17) is 33.3 Å². The summed E-state index contributed by atoms with van der Waals surface area (Å²) >= 11 is 12.8. The quantitative estimate of drug-likeness (QED) is 0.286. The highest BCUT2D eigenvalue weighted by Crippen LogP contribution is 2.33. The number of hydrogen-bond acceptors (Lipinski definition) is 3. The zero-order valence-corrected chi connectivity index (χ0v) is 20.8. The summed E-state index contributed by atoms with van der Waals surface area (Å²) in [4.78, 5) is 18.3. The van der Waals surface area contributed by atoms with Crippen LogP contribution in [0.3, 0.4) is 0 Å². The molecule has 1 fully saturated rings. The van der Waals surface area contributed by atoms with E-state index < -0.39 is 0 Å². The van der Waals surface area contributed by atoms with Crippen molar-refractivity contribution >= 4 is 40.3 Å². The van der Waals surface area contributed by atoms with E-state index in [0.717, 1.165) is 59.7 Å². The SMILES string of the molecule is Cc1cc(C=Nn2c(C3CCCCC3)nc3ccccc3c2=O)c(C)n1-c1cccc(Cl)c1Cl. The molecule has 5 rings (SSSR count). The molecule has 2 aromatic carbocycles. The van der Waals surface area contributed by atoms with E-state index in [9.17, 15) is 4.79 Å². The van der Waals surface area contributed by atoms with Crippen LogP contribution in [0.1, 0.15) is 60.8 Å². The van der Waals surface area contributed by atoms with Crippen LogP contribution in [0.15, 0.2) is 58.4 Å². The predicted molar refractivity (Wildman–Crippen MR) is 140 cm³/mol. The van der Waals surface area contributed by atoms with Crippen molar-refractivity contribution in [2.75, 3.05) is 0 Å². The Morgan fingerprint density at radius 1 is 1.03 bits per heavy atom. The largest absolute Gasteiger partial charge is 0.316 e. The molecule has 4 aromatic rings. The second-order valence-corrected chi connectivity index (χ2v) is 9.70. The molecule has 174 valence electrons. The third kappa shape index (κ3) is 4.08. The first kappa shape index (κ1) is 22.9. The van der Waals surface area contributed by atoms with Crippen LogP contribution in [0.5, 0.6) is 0 Å². The summed E-state index contributed by atoms with van der Waals surface area (Å²) in [5.41, 5.74) is 4.29. The van der Waals surface area contributed by atoms with Crippen molar-refractivity contribution in [3.05, 3.63) is 91.7 Å². The van der Waals surface area contributed by atoms with Gasteiger partial charge in [-0.25, -0.2) is 4.98 Å². The van der Waals surface area contributed by atoms with Gasteiger partial charge in [-0.05, 0) is 57.0 Å². The minimum Gasteiger partial charge on any atom is -0.316 e. The Kier molecular flexibility index (Phi) is 6.32. The van der Waals surface area contributed by atoms with Crippen molar-refractivity contribution in [3.8, 4) is 5.69 Å². The molecule has 0 unspecified atom stereocenters. The number of para-hydroxylation sites is 1. The summed E-state index contributed by atoms with van der Waals surface area (Å²) < 4.78 is 3.57. The molecule has 7 heteroatoms. The maximum atomic E-state index is 13.4. The molecule has 0 N–H and O–H groups in total. The lowest BCUT2D eigenvalue weighted by Gasteiger charge is -2.22. The van der Waals surface area contributed by atoms with Gasteiger partial charge in [0.2, 0.25) is 0 Å². The van der Waals surface area contributed by atoms with Crippen LogP contribution in [0.25, 0.3) is 16.6 Å². The first-order valence-electron chi connectivity index (χ1n) is 11.6. The standard InChI is InChI=1S/C27H26Cl2N4O/c1-17-15-20(18(2)32(17)24-14-8-12-22(28)25(24)29)16-30-33-26(19-9-4-3-5-10-19)31-23-13-7-6-11-21(23)27(33)34/h6-8,11-16,19H,3-5,9-10H2,1-2H3. The van der Waals surface area contributed by atoms with Crippen molar-refractivity contribution in [3.63, 3.8) is 0 Å². The van der Waals surface area contributed by atoms with Crippen LogP contribution < -0.4 is 5.56 Å². The molecule has 0 spiro atoms. The van der Waals surface area contributed by atoms with Gasteiger partial charge in [0, 0.05) is 22.9 Å². The first-order valence-corrected chi connectivity index (χ1v) is 12.4. The molecule has 0 bridgehead atoms. The molecule has 0 amide bonds. The van der Waals surface area contributed by atoms with Crippen LogP contribution in [0, 0.1) is 13.8 Å². The third-order valence-corrected chi connectivity index (χ3v) is 7.51. The van der Waals surface area contributed by atoms with Gasteiger partial charge in [0.25, 0.3) is 5.56 Å². The minimum atomic E-state index is -0.130. The molecule has 2 heterocycles. The molecule has 34 heavy (non-hydrogen) atoms. The highest BCUT2D eigenvalue weighted by atomic mass is 35.5. The van der Waals surface area contributed by atoms with E-state index in [-0.39, 0.29) is 11.5 Å². The van der Waals surface area contributed by atoms with E-state index >= 15 is 0 Å². The average Bonchev–Trinajstić information content (AvgIpc) is 3.13. The van der Waals surface area contributed by atoms with Gasteiger partial charge >= 0.3 is 0 Å². The number of aryl methyl sites for hydroxylation is 1. The lowest BCUT2D eigenvalue weighted by molar-refractivity contribution is 0.416. The Labute approximate surface area is 208 Å². The van der Waals surface area contributed by atoms with E-state index in [2.05, 4.69) is 4.57 Å². The smallest absolute Gasteiger partial charge is 0.282 e. The molecule has 1 aliphatic rings. The summed E-state index contributed by atoms with van der Waals surface area (Å²) in [6.45, 7) is 4.02. The van der Waals surface area contributed by atoms with Crippen molar-refractivity contribution in [1.82, 2.24) is 14.2 Å². The van der Waals surface area contributed by atoms with Gasteiger partial charge in [0.15, 0.2) is 0 Å². The summed E-state index contributed by atoms with van der Waals surface area (Å²) in [7, 11) is 0. The number of benzene rings is 2. The zero-order valence-electron chi connectivity index (χ0n) is 19.3. The molecule has 1 aliphatic carbocycles.